The highest BCUT2D eigenvalue weighted by molar-refractivity contribution is 5.96. The predicted octanol–water partition coefficient (Wildman–Crippen LogP) is 0.475. The Hall–Kier alpha value is -2.71. The van der Waals surface area contributed by atoms with Gasteiger partial charge in [0.25, 0.3) is 5.91 Å². The minimum Gasteiger partial charge on any atom is -0.345 e. The van der Waals surface area contributed by atoms with E-state index in [0.29, 0.717) is 6.54 Å². The van der Waals surface area contributed by atoms with E-state index in [9.17, 15) is 14.9 Å². The van der Waals surface area contributed by atoms with E-state index >= 15 is 0 Å². The van der Waals surface area contributed by atoms with Crippen molar-refractivity contribution in [3.8, 4) is 0 Å². The van der Waals surface area contributed by atoms with Gasteiger partial charge in [-0.25, -0.2) is 0 Å². The maximum absolute atomic E-state index is 12.0. The van der Waals surface area contributed by atoms with Crippen molar-refractivity contribution in [2.24, 2.45) is 7.05 Å². The molecule has 20 heavy (non-hydrogen) atoms. The molecule has 2 heterocycles. The minimum absolute atomic E-state index is 0.0717. The van der Waals surface area contributed by atoms with Crippen LogP contribution in [-0.2, 0) is 20.1 Å². The van der Waals surface area contributed by atoms with Gasteiger partial charge in [0.15, 0.2) is 0 Å². The zero-order valence-corrected chi connectivity index (χ0v) is 11.1. The summed E-state index contributed by atoms with van der Waals surface area (Å²) in [4.78, 5) is 22.2. The third-order valence-electron chi connectivity index (χ3n) is 2.87. The SMILES string of the molecule is CCn1nccc1CNC(=O)c1c([N+](=O)[O-])cnn1C. The highest BCUT2D eigenvalue weighted by Crippen LogP contribution is 2.16. The van der Waals surface area contributed by atoms with Gasteiger partial charge in [0, 0.05) is 19.8 Å². The Kier molecular flexibility index (Phi) is 3.78. The average Bonchev–Trinajstić information content (AvgIpc) is 3.01. The number of nitrogens with one attached hydrogen (secondary N) is 1. The Morgan fingerprint density at radius 3 is 2.90 bits per heavy atom. The van der Waals surface area contributed by atoms with Gasteiger partial charge in [0.1, 0.15) is 6.20 Å². The highest BCUT2D eigenvalue weighted by Gasteiger charge is 2.25. The second kappa shape index (κ2) is 5.51. The number of nitrogens with zero attached hydrogens (tertiary/aromatic N) is 5. The molecule has 9 nitrogen and oxygen atoms in total. The summed E-state index contributed by atoms with van der Waals surface area (Å²) in [6.45, 7) is 2.86. The molecule has 2 aromatic rings. The van der Waals surface area contributed by atoms with Crippen LogP contribution >= 0.6 is 0 Å². The van der Waals surface area contributed by atoms with Crippen LogP contribution < -0.4 is 5.32 Å². The molecule has 0 saturated carbocycles. The van der Waals surface area contributed by atoms with Crippen LogP contribution in [0.4, 0.5) is 5.69 Å². The third-order valence-corrected chi connectivity index (χ3v) is 2.87. The van der Waals surface area contributed by atoms with Crippen LogP contribution in [0, 0.1) is 10.1 Å². The standard InChI is InChI=1S/C11H14N6O3/c1-3-16-8(4-5-13-16)6-12-11(18)10-9(17(19)20)7-14-15(10)2/h4-5,7H,3,6H2,1-2H3,(H,12,18). The molecule has 9 heteroatoms. The molecule has 2 rings (SSSR count). The Balaban J connectivity index is 2.13. The molecule has 1 N–H and O–H groups in total. The van der Waals surface area contributed by atoms with Gasteiger partial charge in [-0.2, -0.15) is 10.2 Å². The molecular formula is C11H14N6O3. The molecule has 0 radical (unpaired) electrons. The van der Waals surface area contributed by atoms with Gasteiger partial charge in [0.05, 0.1) is 17.2 Å². The quantitative estimate of drug-likeness (QED) is 0.632. The van der Waals surface area contributed by atoms with E-state index in [1.54, 1.807) is 16.9 Å². The third kappa shape index (κ3) is 2.51. The molecule has 0 saturated heterocycles. The Morgan fingerprint density at radius 2 is 2.25 bits per heavy atom. The van der Waals surface area contributed by atoms with Gasteiger partial charge < -0.3 is 5.32 Å². The van der Waals surface area contributed by atoms with E-state index in [1.807, 2.05) is 6.92 Å². The van der Waals surface area contributed by atoms with Crippen LogP contribution in [0.1, 0.15) is 23.1 Å². The summed E-state index contributed by atoms with van der Waals surface area (Å²) in [5.74, 6) is -0.541. The molecular weight excluding hydrogens is 264 g/mol. The molecule has 0 spiro atoms. The number of carbonyl (C=O) groups is 1. The van der Waals surface area contributed by atoms with Crippen molar-refractivity contribution in [3.05, 3.63) is 40.0 Å². The maximum Gasteiger partial charge on any atom is 0.320 e. The summed E-state index contributed by atoms with van der Waals surface area (Å²) < 4.78 is 2.92. The van der Waals surface area contributed by atoms with Crippen molar-refractivity contribution in [2.45, 2.75) is 20.0 Å². The molecule has 2 aromatic heterocycles. The summed E-state index contributed by atoms with van der Waals surface area (Å²) in [6, 6.07) is 1.78. The van der Waals surface area contributed by atoms with Crippen molar-refractivity contribution in [1.82, 2.24) is 24.9 Å². The average molecular weight is 278 g/mol. The number of hydrogen-bond acceptors (Lipinski definition) is 5. The van der Waals surface area contributed by atoms with Gasteiger partial charge in [-0.3, -0.25) is 24.3 Å². The number of rotatable bonds is 5. The molecule has 0 atom stereocenters. The first-order valence-electron chi connectivity index (χ1n) is 5.99. The van der Waals surface area contributed by atoms with E-state index in [4.69, 9.17) is 0 Å². The Morgan fingerprint density at radius 1 is 1.50 bits per heavy atom. The van der Waals surface area contributed by atoms with Gasteiger partial charge in [-0.15, -0.1) is 0 Å². The van der Waals surface area contributed by atoms with Crippen molar-refractivity contribution in [1.29, 1.82) is 0 Å². The van der Waals surface area contributed by atoms with Crippen LogP contribution in [-0.4, -0.2) is 30.4 Å². The minimum atomic E-state index is -0.627. The largest absolute Gasteiger partial charge is 0.345 e. The van der Waals surface area contributed by atoms with Crippen LogP contribution in [0.3, 0.4) is 0 Å². The van der Waals surface area contributed by atoms with Crippen LogP contribution in [0.5, 0.6) is 0 Å². The van der Waals surface area contributed by atoms with E-state index in [2.05, 4.69) is 15.5 Å². The smallest absolute Gasteiger partial charge is 0.320 e. The second-order valence-electron chi connectivity index (χ2n) is 4.08. The van der Waals surface area contributed by atoms with Crippen molar-refractivity contribution < 1.29 is 9.72 Å². The fraction of sp³-hybridized carbons (Fsp3) is 0.364. The zero-order valence-electron chi connectivity index (χ0n) is 11.1. The first kappa shape index (κ1) is 13.7. The van der Waals surface area contributed by atoms with Crippen LogP contribution in [0.2, 0.25) is 0 Å². The number of hydrogen-bond donors (Lipinski definition) is 1. The summed E-state index contributed by atoms with van der Waals surface area (Å²) >= 11 is 0. The summed E-state index contributed by atoms with van der Waals surface area (Å²) in [5, 5.41) is 21.3. The lowest BCUT2D eigenvalue weighted by atomic mass is 10.3. The van der Waals surface area contributed by atoms with Crippen molar-refractivity contribution >= 4 is 11.6 Å². The number of aryl methyl sites for hydroxylation is 2. The first-order valence-corrected chi connectivity index (χ1v) is 5.99. The fourth-order valence-electron chi connectivity index (χ4n) is 1.87. The van der Waals surface area contributed by atoms with E-state index in [0.717, 1.165) is 11.9 Å². The van der Waals surface area contributed by atoms with Gasteiger partial charge in [0.2, 0.25) is 5.69 Å². The van der Waals surface area contributed by atoms with E-state index in [1.165, 1.54) is 11.7 Å². The fourth-order valence-corrected chi connectivity index (χ4v) is 1.87. The summed E-state index contributed by atoms with van der Waals surface area (Å²) in [7, 11) is 1.48. The van der Waals surface area contributed by atoms with Crippen LogP contribution in [0.15, 0.2) is 18.5 Å². The van der Waals surface area contributed by atoms with E-state index < -0.39 is 10.8 Å². The highest BCUT2D eigenvalue weighted by atomic mass is 16.6. The summed E-state index contributed by atoms with van der Waals surface area (Å²) in [5.41, 5.74) is 0.442. The molecule has 0 aromatic carbocycles. The van der Waals surface area contributed by atoms with Gasteiger partial charge in [-0.1, -0.05) is 0 Å². The molecule has 0 aliphatic carbocycles. The van der Waals surface area contributed by atoms with Gasteiger partial charge in [-0.05, 0) is 13.0 Å². The molecule has 106 valence electrons. The molecule has 0 fully saturated rings. The summed E-state index contributed by atoms with van der Waals surface area (Å²) in [6.07, 6.45) is 2.70. The second-order valence-corrected chi connectivity index (χ2v) is 4.08. The molecule has 0 unspecified atom stereocenters. The first-order chi connectivity index (χ1) is 9.54. The van der Waals surface area contributed by atoms with E-state index in [-0.39, 0.29) is 17.9 Å². The lowest BCUT2D eigenvalue weighted by molar-refractivity contribution is -0.385. The van der Waals surface area contributed by atoms with Crippen molar-refractivity contribution in [3.63, 3.8) is 0 Å². The predicted molar refractivity (Wildman–Crippen MR) is 68.9 cm³/mol. The number of carbonyl (C=O) groups excluding carboxylic acids is 1. The molecule has 0 aliphatic rings. The maximum atomic E-state index is 12.0. The van der Waals surface area contributed by atoms with Crippen molar-refractivity contribution in [2.75, 3.05) is 0 Å². The Bertz CT molecular complexity index is 644. The molecule has 1 amide bonds. The topological polar surface area (TPSA) is 108 Å². The normalized spacial score (nSPS) is 10.5. The lowest BCUT2D eigenvalue weighted by Crippen LogP contribution is -2.27. The lowest BCUT2D eigenvalue weighted by Gasteiger charge is -2.07. The molecule has 0 bridgehead atoms. The van der Waals surface area contributed by atoms with Crippen LogP contribution in [0.25, 0.3) is 0 Å². The number of aromatic nitrogens is 4. The number of nitro groups is 1. The zero-order chi connectivity index (χ0) is 14.7. The molecule has 0 aliphatic heterocycles. The van der Waals surface area contributed by atoms with Gasteiger partial charge >= 0.3 is 5.69 Å². The monoisotopic (exact) mass is 278 g/mol. The Labute approximate surface area is 114 Å². The number of amides is 1.